The molecule has 0 unspecified atom stereocenters. The van der Waals surface area contributed by atoms with Crippen LogP contribution in [0.25, 0.3) is 0 Å². The Bertz CT molecular complexity index is 2400. The van der Waals surface area contributed by atoms with E-state index in [0.29, 0.717) is 24.9 Å². The molecule has 0 amide bonds. The number of thioether (sulfide) groups is 1. The molecule has 0 N–H and O–H groups in total. The smallest absolute Gasteiger partial charge is 0.425 e. The molecule has 3 aliphatic rings. The summed E-state index contributed by atoms with van der Waals surface area (Å²) in [4.78, 5) is 17.0. The van der Waals surface area contributed by atoms with Crippen molar-refractivity contribution in [3.63, 3.8) is 0 Å². The Morgan fingerprint density at radius 2 is 1.52 bits per heavy atom. The van der Waals surface area contributed by atoms with Crippen molar-refractivity contribution in [3.05, 3.63) is 136 Å². The van der Waals surface area contributed by atoms with Gasteiger partial charge in [-0.15, -0.1) is 12.6 Å². The second-order valence-electron chi connectivity index (χ2n) is 16.0. The number of rotatable bonds is 14. The quantitative estimate of drug-likeness (QED) is 0.0674. The molecular formula is C46H54N2O7S3. The molecule has 2 aliphatic heterocycles. The van der Waals surface area contributed by atoms with Gasteiger partial charge in [-0.3, -0.25) is 4.79 Å². The van der Waals surface area contributed by atoms with Crippen molar-refractivity contribution >= 4 is 55.4 Å². The molecule has 0 saturated heterocycles. The average molecular weight is 843 g/mol. The minimum Gasteiger partial charge on any atom is -0.748 e. The fourth-order valence-corrected chi connectivity index (χ4v) is 9.88. The molecule has 12 heteroatoms. The number of fused-ring (bicyclic) bond motifs is 2. The molecule has 0 bridgehead atoms. The molecule has 2 heterocycles. The van der Waals surface area contributed by atoms with Crippen LogP contribution in [0.3, 0.4) is 0 Å². The number of Topliss-reactive ketones (excluding diaryl/α,β-unsaturated/α-hetero) is 1. The molecule has 0 fully saturated rings. The van der Waals surface area contributed by atoms with Crippen LogP contribution in [0.2, 0.25) is 0 Å². The van der Waals surface area contributed by atoms with E-state index in [4.69, 9.17) is 12.6 Å². The van der Waals surface area contributed by atoms with Crippen LogP contribution in [0.15, 0.2) is 124 Å². The van der Waals surface area contributed by atoms with Crippen molar-refractivity contribution in [2.45, 2.75) is 102 Å². The highest BCUT2D eigenvalue weighted by atomic mass is 32.2. The average Bonchev–Trinajstić information content (AvgIpc) is 3.52. The van der Waals surface area contributed by atoms with E-state index in [1.165, 1.54) is 38.6 Å². The Kier molecular flexibility index (Phi) is 14.8. The van der Waals surface area contributed by atoms with Gasteiger partial charge in [0.1, 0.15) is 6.54 Å². The second kappa shape index (κ2) is 19.1. The summed E-state index contributed by atoms with van der Waals surface area (Å²) in [5.74, 6) is -0.286. The minimum atomic E-state index is -4.25. The van der Waals surface area contributed by atoms with E-state index in [1.807, 2.05) is 18.2 Å². The van der Waals surface area contributed by atoms with Gasteiger partial charge in [-0.1, -0.05) is 99.6 Å². The van der Waals surface area contributed by atoms with E-state index in [2.05, 4.69) is 123 Å². The van der Waals surface area contributed by atoms with Crippen molar-refractivity contribution in [1.82, 2.24) is 0 Å². The summed E-state index contributed by atoms with van der Waals surface area (Å²) >= 11 is 1.77. The first kappa shape index (κ1) is 44.7. The summed E-state index contributed by atoms with van der Waals surface area (Å²) in [6, 6.07) is 25.2. The number of para-hydroxylation sites is 2. The number of allylic oxidation sites excluding steroid dienone is 7. The lowest BCUT2D eigenvalue weighted by Crippen LogP contribution is -2.28. The fraction of sp³-hybridized carbons (Fsp3) is 0.391. The van der Waals surface area contributed by atoms with Crippen LogP contribution in [0.1, 0.15) is 108 Å². The highest BCUT2D eigenvalue weighted by Crippen LogP contribution is 2.49. The summed E-state index contributed by atoms with van der Waals surface area (Å²) in [6.07, 6.45) is 15.4. The number of hydrogen-bond acceptors (Lipinski definition) is 9. The lowest BCUT2D eigenvalue weighted by Gasteiger charge is -2.27. The van der Waals surface area contributed by atoms with Crippen LogP contribution >= 0.6 is 11.8 Å². The maximum Gasteiger partial charge on any atom is 0.425 e. The standard InChI is InChI=1S/C46H54N2O4S2.O3S/c1-7-8-30-47-40-20-11-9-18-38(40)45(3,4)42(47)28-24-35-16-15-17-36(44(35)53-37-26-22-34(23-27-37)33(2)49)25-29-43-46(5,6)39-19-10-12-21-41(39)48(43)31-13-14-32-54(50,51)52;1-4(2)3/h9-12,18-29H,7-8,13-17,30-32H2,1-6H3;. The number of nitrogens with zero attached hydrogens (tertiary/aromatic N) is 2. The highest BCUT2D eigenvalue weighted by molar-refractivity contribution is 8.03. The Labute approximate surface area is 350 Å². The second-order valence-corrected chi connectivity index (χ2v) is 19.0. The zero-order chi connectivity index (χ0) is 42.3. The predicted octanol–water partition coefficient (Wildman–Crippen LogP) is 9.78. The van der Waals surface area contributed by atoms with Gasteiger partial charge in [0.25, 0.3) is 0 Å². The zero-order valence-electron chi connectivity index (χ0n) is 34.3. The topological polar surface area (TPSA) is 132 Å². The van der Waals surface area contributed by atoms with Crippen LogP contribution in [-0.4, -0.2) is 60.5 Å². The molecule has 0 atom stereocenters. The lowest BCUT2D eigenvalue weighted by atomic mass is 9.81. The number of hydrogen-bond donors (Lipinski definition) is 0. The van der Waals surface area contributed by atoms with Crippen molar-refractivity contribution < 1.29 is 35.0 Å². The molecule has 3 aromatic rings. The number of anilines is 1. The number of benzene rings is 3. The Balaban J connectivity index is 0.00000153. The predicted molar refractivity (Wildman–Crippen MR) is 233 cm³/mol. The maximum atomic E-state index is 12.1. The summed E-state index contributed by atoms with van der Waals surface area (Å²) in [5, 5.41) is 0. The van der Waals surface area contributed by atoms with Gasteiger partial charge in [0.15, 0.2) is 11.5 Å². The van der Waals surface area contributed by atoms with Gasteiger partial charge in [-0.2, -0.15) is 4.58 Å². The molecule has 0 radical (unpaired) electrons. The summed E-state index contributed by atoms with van der Waals surface area (Å²) < 4.78 is 61.7. The first-order valence-corrected chi connectivity index (χ1v) is 23.3. The first-order chi connectivity index (χ1) is 27.5. The summed E-state index contributed by atoms with van der Waals surface area (Å²) in [6.45, 7) is 14.6. The molecule has 9 nitrogen and oxygen atoms in total. The van der Waals surface area contributed by atoms with Crippen LogP contribution in [0, 0.1) is 0 Å². The molecule has 58 heavy (non-hydrogen) atoms. The van der Waals surface area contributed by atoms with E-state index in [-0.39, 0.29) is 22.4 Å². The fourth-order valence-electron chi connectivity index (χ4n) is 8.22. The number of ketones is 1. The zero-order valence-corrected chi connectivity index (χ0v) is 36.7. The highest BCUT2D eigenvalue weighted by Gasteiger charge is 2.44. The van der Waals surface area contributed by atoms with Gasteiger partial charge in [0.05, 0.1) is 15.5 Å². The SMILES string of the molecule is CCCCN1/C(=C/C=C2\CCCC(/C=C/C3=[N+](CCCCS(=O)(=O)[O-])c4ccccc4C3(C)C)=C2Sc2ccc(C(C)=O)cc2)C(C)(C)c2ccccc21.O=S(=O)=O. The van der Waals surface area contributed by atoms with Crippen molar-refractivity contribution in [3.8, 4) is 0 Å². The Hall–Kier alpha value is -4.36. The van der Waals surface area contributed by atoms with E-state index in [1.54, 1.807) is 18.7 Å². The van der Waals surface area contributed by atoms with Gasteiger partial charge in [-0.25, -0.2) is 8.42 Å². The summed E-state index contributed by atoms with van der Waals surface area (Å²) in [5.41, 5.74) is 10.4. The molecule has 0 spiro atoms. The van der Waals surface area contributed by atoms with Gasteiger partial charge < -0.3 is 9.45 Å². The van der Waals surface area contributed by atoms with E-state index in [0.717, 1.165) is 54.9 Å². The van der Waals surface area contributed by atoms with E-state index in [9.17, 15) is 17.8 Å². The number of carbonyl (C=O) groups excluding carboxylic acids is 1. The monoisotopic (exact) mass is 842 g/mol. The van der Waals surface area contributed by atoms with Gasteiger partial charge >= 0.3 is 10.6 Å². The van der Waals surface area contributed by atoms with Crippen LogP contribution in [0.5, 0.6) is 0 Å². The van der Waals surface area contributed by atoms with Gasteiger partial charge in [0, 0.05) is 68.6 Å². The largest absolute Gasteiger partial charge is 0.748 e. The molecule has 0 aromatic heterocycles. The number of unbranched alkanes of at least 4 members (excludes halogenated alkanes) is 2. The molecule has 0 saturated carbocycles. The molecular weight excluding hydrogens is 789 g/mol. The van der Waals surface area contributed by atoms with Crippen molar-refractivity contribution in [2.75, 3.05) is 23.7 Å². The molecule has 6 rings (SSSR count). The number of carbonyl (C=O) groups is 1. The van der Waals surface area contributed by atoms with Gasteiger partial charge in [-0.05, 0) is 93.9 Å². The lowest BCUT2D eigenvalue weighted by molar-refractivity contribution is -0.438. The van der Waals surface area contributed by atoms with Crippen molar-refractivity contribution in [1.29, 1.82) is 0 Å². The normalized spacial score (nSPS) is 18.4. The molecule has 308 valence electrons. The Morgan fingerprint density at radius 3 is 2.17 bits per heavy atom. The van der Waals surface area contributed by atoms with Gasteiger partial charge in [0.2, 0.25) is 5.69 Å². The third-order valence-electron chi connectivity index (χ3n) is 11.2. The van der Waals surface area contributed by atoms with Crippen LogP contribution in [0.4, 0.5) is 11.4 Å². The third kappa shape index (κ3) is 10.6. The first-order valence-electron chi connectivity index (χ1n) is 19.9. The van der Waals surface area contributed by atoms with Crippen molar-refractivity contribution in [2.24, 2.45) is 0 Å². The van der Waals surface area contributed by atoms with Crippen LogP contribution in [-0.2, 0) is 31.6 Å². The summed E-state index contributed by atoms with van der Waals surface area (Å²) in [7, 11) is -7.36. The molecule has 1 aliphatic carbocycles. The van der Waals surface area contributed by atoms with E-state index >= 15 is 0 Å². The maximum absolute atomic E-state index is 12.1. The van der Waals surface area contributed by atoms with Crippen LogP contribution < -0.4 is 4.90 Å². The third-order valence-corrected chi connectivity index (χ3v) is 13.2. The molecule has 3 aromatic carbocycles. The Morgan fingerprint density at radius 1 is 0.862 bits per heavy atom. The minimum absolute atomic E-state index is 0.0588. The van der Waals surface area contributed by atoms with E-state index < -0.39 is 20.7 Å².